The third kappa shape index (κ3) is 3.31. The van der Waals surface area contributed by atoms with Gasteiger partial charge in [-0.25, -0.2) is 4.39 Å². The van der Waals surface area contributed by atoms with Crippen LogP contribution in [0.15, 0.2) is 16.6 Å². The van der Waals surface area contributed by atoms with Gasteiger partial charge in [-0.2, -0.15) is 0 Å². The molecule has 1 aliphatic carbocycles. The standard InChI is InChI=1S/C14H16BrFO2/c1-9(4-5-17)12-6-11(16)7-13(15)14(12)18-8-10-2-3-10/h5-7,9-10H,2-4,8H2,1H3. The molecule has 1 unspecified atom stereocenters. The largest absolute Gasteiger partial charge is 0.492 e. The Morgan fingerprint density at radius 3 is 2.89 bits per heavy atom. The third-order valence-electron chi connectivity index (χ3n) is 3.18. The van der Waals surface area contributed by atoms with Gasteiger partial charge >= 0.3 is 0 Å². The number of hydrogen-bond acceptors (Lipinski definition) is 2. The summed E-state index contributed by atoms with van der Waals surface area (Å²) in [7, 11) is 0. The maximum absolute atomic E-state index is 13.4. The normalized spacial score (nSPS) is 16.4. The van der Waals surface area contributed by atoms with E-state index in [2.05, 4.69) is 15.9 Å². The molecule has 2 rings (SSSR count). The monoisotopic (exact) mass is 314 g/mol. The molecule has 0 N–H and O–H groups in total. The maximum atomic E-state index is 13.4. The van der Waals surface area contributed by atoms with Crippen LogP contribution < -0.4 is 4.74 Å². The van der Waals surface area contributed by atoms with E-state index in [0.29, 0.717) is 29.2 Å². The summed E-state index contributed by atoms with van der Waals surface area (Å²) >= 11 is 3.33. The zero-order chi connectivity index (χ0) is 13.1. The van der Waals surface area contributed by atoms with Gasteiger partial charge in [0.15, 0.2) is 0 Å². The fraction of sp³-hybridized carbons (Fsp3) is 0.500. The summed E-state index contributed by atoms with van der Waals surface area (Å²) in [6.45, 7) is 2.57. The SMILES string of the molecule is CC(CC=O)c1cc(F)cc(Br)c1OCC1CC1. The molecule has 1 fully saturated rings. The van der Waals surface area contributed by atoms with E-state index in [0.717, 1.165) is 11.8 Å². The van der Waals surface area contributed by atoms with Gasteiger partial charge in [0, 0.05) is 12.0 Å². The Hall–Kier alpha value is -0.900. The highest BCUT2D eigenvalue weighted by Gasteiger charge is 2.24. The molecule has 1 aliphatic rings. The first-order valence-corrected chi connectivity index (χ1v) is 6.96. The molecule has 0 aliphatic heterocycles. The lowest BCUT2D eigenvalue weighted by Crippen LogP contribution is -2.05. The minimum atomic E-state index is -0.312. The van der Waals surface area contributed by atoms with Crippen LogP contribution in [0.1, 0.15) is 37.7 Å². The van der Waals surface area contributed by atoms with E-state index in [1.165, 1.54) is 25.0 Å². The van der Waals surface area contributed by atoms with Crippen molar-refractivity contribution in [2.75, 3.05) is 6.61 Å². The molecule has 1 aromatic carbocycles. The quantitative estimate of drug-likeness (QED) is 0.740. The van der Waals surface area contributed by atoms with E-state index in [1.54, 1.807) is 0 Å². The van der Waals surface area contributed by atoms with E-state index in [-0.39, 0.29) is 11.7 Å². The molecule has 0 radical (unpaired) electrons. The Labute approximate surface area is 115 Å². The lowest BCUT2D eigenvalue weighted by Gasteiger charge is -2.17. The second-order valence-corrected chi connectivity index (χ2v) is 5.72. The van der Waals surface area contributed by atoms with Gasteiger partial charge in [-0.05, 0) is 52.7 Å². The number of halogens is 2. The minimum absolute atomic E-state index is 0.0382. The third-order valence-corrected chi connectivity index (χ3v) is 3.77. The predicted molar refractivity (Wildman–Crippen MR) is 71.4 cm³/mol. The molecule has 0 saturated heterocycles. The molecule has 0 aromatic heterocycles. The molecule has 1 saturated carbocycles. The summed E-state index contributed by atoms with van der Waals surface area (Å²) in [5.74, 6) is 0.964. The molecule has 0 spiro atoms. The average molecular weight is 315 g/mol. The first kappa shape index (κ1) is 13.5. The molecule has 0 amide bonds. The van der Waals surface area contributed by atoms with Gasteiger partial charge in [0.25, 0.3) is 0 Å². The topological polar surface area (TPSA) is 26.3 Å². The highest BCUT2D eigenvalue weighted by molar-refractivity contribution is 9.10. The van der Waals surface area contributed by atoms with Gasteiger partial charge in [0.2, 0.25) is 0 Å². The number of rotatable bonds is 6. The van der Waals surface area contributed by atoms with Crippen LogP contribution in [0.2, 0.25) is 0 Å². The van der Waals surface area contributed by atoms with Crippen molar-refractivity contribution in [2.24, 2.45) is 5.92 Å². The highest BCUT2D eigenvalue weighted by atomic mass is 79.9. The van der Waals surface area contributed by atoms with Crippen LogP contribution in [0.25, 0.3) is 0 Å². The molecule has 2 nitrogen and oxygen atoms in total. The van der Waals surface area contributed by atoms with E-state index >= 15 is 0 Å². The minimum Gasteiger partial charge on any atom is -0.492 e. The number of ether oxygens (including phenoxy) is 1. The van der Waals surface area contributed by atoms with E-state index in [9.17, 15) is 9.18 Å². The zero-order valence-electron chi connectivity index (χ0n) is 10.3. The van der Waals surface area contributed by atoms with E-state index in [4.69, 9.17) is 4.74 Å². The molecule has 4 heteroatoms. The van der Waals surface area contributed by atoms with Gasteiger partial charge in [0.05, 0.1) is 11.1 Å². The first-order chi connectivity index (χ1) is 8.61. The number of aldehydes is 1. The molecule has 1 aromatic rings. The first-order valence-electron chi connectivity index (χ1n) is 6.17. The molecule has 0 bridgehead atoms. The molecule has 18 heavy (non-hydrogen) atoms. The predicted octanol–water partition coefficient (Wildman–Crippen LogP) is 4.07. The van der Waals surface area contributed by atoms with Crippen LogP contribution in [-0.2, 0) is 4.79 Å². The molecule has 0 heterocycles. The lowest BCUT2D eigenvalue weighted by molar-refractivity contribution is -0.108. The van der Waals surface area contributed by atoms with Crippen LogP contribution in [0.4, 0.5) is 4.39 Å². The fourth-order valence-electron chi connectivity index (χ4n) is 1.86. The highest BCUT2D eigenvalue weighted by Crippen LogP contribution is 2.38. The van der Waals surface area contributed by atoms with Crippen LogP contribution in [0.5, 0.6) is 5.75 Å². The van der Waals surface area contributed by atoms with E-state index in [1.807, 2.05) is 6.92 Å². The average Bonchev–Trinajstić information content (AvgIpc) is 3.11. The molecule has 1 atom stereocenters. The van der Waals surface area contributed by atoms with Gasteiger partial charge in [-0.1, -0.05) is 6.92 Å². The summed E-state index contributed by atoms with van der Waals surface area (Å²) in [4.78, 5) is 10.6. The van der Waals surface area contributed by atoms with Crippen molar-refractivity contribution in [1.82, 2.24) is 0 Å². The smallest absolute Gasteiger partial charge is 0.137 e. The second kappa shape index (κ2) is 5.83. The Kier molecular flexibility index (Phi) is 4.38. The summed E-state index contributed by atoms with van der Waals surface area (Å²) in [6, 6.07) is 2.86. The molecular formula is C14H16BrFO2. The summed E-state index contributed by atoms with van der Waals surface area (Å²) < 4.78 is 19.9. The van der Waals surface area contributed by atoms with Gasteiger partial charge in [-0.15, -0.1) is 0 Å². The van der Waals surface area contributed by atoms with Gasteiger partial charge in [0.1, 0.15) is 17.9 Å². The summed E-state index contributed by atoms with van der Waals surface area (Å²) in [5, 5.41) is 0. The number of carbonyl (C=O) groups is 1. The molecular weight excluding hydrogens is 299 g/mol. The lowest BCUT2D eigenvalue weighted by atomic mass is 9.97. The summed E-state index contributed by atoms with van der Waals surface area (Å²) in [5.41, 5.74) is 0.759. The van der Waals surface area contributed by atoms with Crippen LogP contribution in [-0.4, -0.2) is 12.9 Å². The number of carbonyl (C=O) groups excluding carboxylic acids is 1. The van der Waals surface area contributed by atoms with Crippen molar-refractivity contribution in [2.45, 2.75) is 32.1 Å². The Morgan fingerprint density at radius 1 is 1.56 bits per heavy atom. The summed E-state index contributed by atoms with van der Waals surface area (Å²) in [6.07, 6.45) is 3.64. The van der Waals surface area contributed by atoms with Gasteiger partial charge < -0.3 is 9.53 Å². The second-order valence-electron chi connectivity index (χ2n) is 4.86. The van der Waals surface area contributed by atoms with Crippen molar-refractivity contribution in [1.29, 1.82) is 0 Å². The van der Waals surface area contributed by atoms with Crippen molar-refractivity contribution in [3.05, 3.63) is 28.0 Å². The van der Waals surface area contributed by atoms with Gasteiger partial charge in [-0.3, -0.25) is 0 Å². The van der Waals surface area contributed by atoms with Crippen molar-refractivity contribution in [3.63, 3.8) is 0 Å². The fourth-order valence-corrected chi connectivity index (χ4v) is 2.42. The van der Waals surface area contributed by atoms with Crippen molar-refractivity contribution < 1.29 is 13.9 Å². The maximum Gasteiger partial charge on any atom is 0.137 e. The van der Waals surface area contributed by atoms with Crippen LogP contribution >= 0.6 is 15.9 Å². The van der Waals surface area contributed by atoms with Crippen LogP contribution in [0.3, 0.4) is 0 Å². The van der Waals surface area contributed by atoms with Crippen molar-refractivity contribution >= 4 is 22.2 Å². The molecule has 98 valence electrons. The Balaban J connectivity index is 2.24. The number of benzene rings is 1. The Morgan fingerprint density at radius 2 is 2.28 bits per heavy atom. The zero-order valence-corrected chi connectivity index (χ0v) is 11.9. The number of hydrogen-bond donors (Lipinski definition) is 0. The van der Waals surface area contributed by atoms with E-state index < -0.39 is 0 Å². The van der Waals surface area contributed by atoms with Crippen molar-refractivity contribution in [3.8, 4) is 5.75 Å². The van der Waals surface area contributed by atoms with Crippen LogP contribution in [0, 0.1) is 11.7 Å². The Bertz CT molecular complexity index is 444.